The molecule has 0 radical (unpaired) electrons. The standard InChI is InChI=1S/C18H20O/c1-3-18(4-2)16(12-17(18)19)15-11-7-9-13-8-5-6-10-14(13)15/h5-11,16H,3-4,12H2,1-2H3. The van der Waals surface area contributed by atoms with Crippen molar-refractivity contribution in [3.63, 3.8) is 0 Å². The van der Waals surface area contributed by atoms with Gasteiger partial charge in [0.1, 0.15) is 5.78 Å². The molecule has 2 aromatic carbocycles. The predicted molar refractivity (Wildman–Crippen MR) is 79.3 cm³/mol. The molecule has 1 heteroatoms. The van der Waals surface area contributed by atoms with E-state index in [2.05, 4.69) is 56.3 Å². The summed E-state index contributed by atoms with van der Waals surface area (Å²) in [6.07, 6.45) is 2.63. The molecule has 1 aliphatic rings. The monoisotopic (exact) mass is 252 g/mol. The van der Waals surface area contributed by atoms with E-state index in [0.717, 1.165) is 19.3 Å². The second-order valence-corrected chi connectivity index (χ2v) is 5.61. The maximum absolute atomic E-state index is 12.1. The van der Waals surface area contributed by atoms with Gasteiger partial charge in [0.15, 0.2) is 0 Å². The Balaban J connectivity index is 2.13. The van der Waals surface area contributed by atoms with Gasteiger partial charge in [-0.25, -0.2) is 0 Å². The van der Waals surface area contributed by atoms with Crippen molar-refractivity contribution in [2.24, 2.45) is 5.41 Å². The minimum absolute atomic E-state index is 0.107. The zero-order valence-corrected chi connectivity index (χ0v) is 11.6. The number of carbonyl (C=O) groups is 1. The van der Waals surface area contributed by atoms with Crippen molar-refractivity contribution >= 4 is 16.6 Å². The molecule has 1 unspecified atom stereocenters. The molecule has 1 atom stereocenters. The number of fused-ring (bicyclic) bond motifs is 1. The van der Waals surface area contributed by atoms with Gasteiger partial charge in [0.2, 0.25) is 0 Å². The molecule has 0 N–H and O–H groups in total. The highest BCUT2D eigenvalue weighted by Crippen LogP contribution is 2.55. The molecular formula is C18H20O. The zero-order chi connectivity index (χ0) is 13.5. The average Bonchev–Trinajstić information content (AvgIpc) is 2.46. The molecule has 98 valence electrons. The Hall–Kier alpha value is -1.63. The molecule has 1 nitrogen and oxygen atoms in total. The van der Waals surface area contributed by atoms with Crippen LogP contribution >= 0.6 is 0 Å². The molecule has 3 rings (SSSR count). The van der Waals surface area contributed by atoms with Gasteiger partial charge in [0.05, 0.1) is 0 Å². The summed E-state index contributed by atoms with van der Waals surface area (Å²) in [5.41, 5.74) is 1.26. The molecule has 19 heavy (non-hydrogen) atoms. The summed E-state index contributed by atoms with van der Waals surface area (Å²) in [4.78, 5) is 12.1. The third-order valence-corrected chi connectivity index (χ3v) is 5.07. The summed E-state index contributed by atoms with van der Waals surface area (Å²) in [7, 11) is 0. The van der Waals surface area contributed by atoms with Crippen molar-refractivity contribution in [1.82, 2.24) is 0 Å². The van der Waals surface area contributed by atoms with Crippen LogP contribution < -0.4 is 0 Å². The van der Waals surface area contributed by atoms with Crippen molar-refractivity contribution in [2.45, 2.75) is 39.0 Å². The summed E-state index contributed by atoms with van der Waals surface area (Å²) in [6, 6.07) is 15.0. The lowest BCUT2D eigenvalue weighted by Gasteiger charge is -2.48. The molecule has 1 aliphatic carbocycles. The summed E-state index contributed by atoms with van der Waals surface area (Å²) in [6.45, 7) is 4.30. The van der Waals surface area contributed by atoms with Gasteiger partial charge in [0.25, 0.3) is 0 Å². The van der Waals surface area contributed by atoms with Crippen LogP contribution in [-0.4, -0.2) is 5.78 Å². The highest BCUT2D eigenvalue weighted by Gasteiger charge is 2.52. The van der Waals surface area contributed by atoms with Gasteiger partial charge in [-0.1, -0.05) is 56.3 Å². The number of hydrogen-bond donors (Lipinski definition) is 0. The number of rotatable bonds is 3. The smallest absolute Gasteiger partial charge is 0.140 e. The van der Waals surface area contributed by atoms with Crippen LogP contribution in [0.1, 0.15) is 44.6 Å². The van der Waals surface area contributed by atoms with Crippen molar-refractivity contribution in [3.05, 3.63) is 48.0 Å². The van der Waals surface area contributed by atoms with Gasteiger partial charge in [-0.05, 0) is 29.2 Å². The molecule has 0 aliphatic heterocycles. The highest BCUT2D eigenvalue weighted by atomic mass is 16.1. The minimum atomic E-state index is -0.107. The lowest BCUT2D eigenvalue weighted by atomic mass is 9.54. The Labute approximate surface area is 114 Å². The molecule has 0 saturated heterocycles. The zero-order valence-electron chi connectivity index (χ0n) is 11.6. The number of carbonyl (C=O) groups excluding carboxylic acids is 1. The first-order valence-electron chi connectivity index (χ1n) is 7.24. The summed E-state index contributed by atoms with van der Waals surface area (Å²) in [5, 5.41) is 2.59. The number of hydrogen-bond acceptors (Lipinski definition) is 1. The van der Waals surface area contributed by atoms with Gasteiger partial charge >= 0.3 is 0 Å². The van der Waals surface area contributed by atoms with E-state index < -0.39 is 0 Å². The Kier molecular flexibility index (Phi) is 2.93. The molecule has 1 saturated carbocycles. The Bertz CT molecular complexity index is 617. The molecule has 0 spiro atoms. The fraction of sp³-hybridized carbons (Fsp3) is 0.389. The molecule has 1 fully saturated rings. The van der Waals surface area contributed by atoms with E-state index in [1.54, 1.807) is 0 Å². The average molecular weight is 252 g/mol. The first kappa shape index (κ1) is 12.4. The normalized spacial score (nSPS) is 21.4. The first-order chi connectivity index (χ1) is 9.23. The second kappa shape index (κ2) is 4.48. The summed E-state index contributed by atoms with van der Waals surface area (Å²) >= 11 is 0. The van der Waals surface area contributed by atoms with Crippen LogP contribution in [-0.2, 0) is 4.79 Å². The Morgan fingerprint density at radius 2 is 1.74 bits per heavy atom. The van der Waals surface area contributed by atoms with Crippen molar-refractivity contribution in [1.29, 1.82) is 0 Å². The SMILES string of the molecule is CCC1(CC)C(=O)CC1c1cccc2ccccc12. The molecular weight excluding hydrogens is 232 g/mol. The molecule has 0 aromatic heterocycles. The number of benzene rings is 2. The van der Waals surface area contributed by atoms with E-state index >= 15 is 0 Å². The molecule has 0 bridgehead atoms. The van der Waals surface area contributed by atoms with Crippen LogP contribution in [0, 0.1) is 5.41 Å². The van der Waals surface area contributed by atoms with E-state index in [0.29, 0.717) is 11.7 Å². The van der Waals surface area contributed by atoms with Gasteiger partial charge in [0, 0.05) is 17.8 Å². The third kappa shape index (κ3) is 1.64. The maximum Gasteiger partial charge on any atom is 0.140 e. The van der Waals surface area contributed by atoms with Gasteiger partial charge in [-0.2, -0.15) is 0 Å². The van der Waals surface area contributed by atoms with E-state index in [1.807, 2.05) is 0 Å². The number of ketones is 1. The molecule has 0 heterocycles. The van der Waals surface area contributed by atoms with E-state index in [-0.39, 0.29) is 5.41 Å². The Morgan fingerprint density at radius 3 is 2.42 bits per heavy atom. The third-order valence-electron chi connectivity index (χ3n) is 5.07. The first-order valence-corrected chi connectivity index (χ1v) is 7.24. The lowest BCUT2D eigenvalue weighted by molar-refractivity contribution is -0.141. The van der Waals surface area contributed by atoms with Crippen molar-refractivity contribution in [3.8, 4) is 0 Å². The van der Waals surface area contributed by atoms with E-state index in [9.17, 15) is 4.79 Å². The summed E-state index contributed by atoms with van der Waals surface area (Å²) < 4.78 is 0. The van der Waals surface area contributed by atoms with E-state index in [1.165, 1.54) is 16.3 Å². The molecule has 0 amide bonds. The lowest BCUT2D eigenvalue weighted by Crippen LogP contribution is -2.47. The van der Waals surface area contributed by atoms with Crippen LogP contribution in [0.4, 0.5) is 0 Å². The van der Waals surface area contributed by atoms with Crippen molar-refractivity contribution in [2.75, 3.05) is 0 Å². The highest BCUT2D eigenvalue weighted by molar-refractivity contribution is 5.96. The van der Waals surface area contributed by atoms with E-state index in [4.69, 9.17) is 0 Å². The fourth-order valence-corrected chi connectivity index (χ4v) is 3.75. The van der Waals surface area contributed by atoms with Crippen LogP contribution in [0.25, 0.3) is 10.8 Å². The topological polar surface area (TPSA) is 17.1 Å². The van der Waals surface area contributed by atoms with Crippen LogP contribution in [0.2, 0.25) is 0 Å². The largest absolute Gasteiger partial charge is 0.299 e. The Morgan fingerprint density at radius 1 is 1.05 bits per heavy atom. The van der Waals surface area contributed by atoms with Gasteiger partial charge < -0.3 is 0 Å². The maximum atomic E-state index is 12.1. The fourth-order valence-electron chi connectivity index (χ4n) is 3.75. The van der Waals surface area contributed by atoms with Crippen molar-refractivity contribution < 1.29 is 4.79 Å². The number of Topliss-reactive ketones (excluding diaryl/α,β-unsaturated/α-hetero) is 1. The summed E-state index contributed by atoms with van der Waals surface area (Å²) in [5.74, 6) is 0.858. The minimum Gasteiger partial charge on any atom is -0.299 e. The quantitative estimate of drug-likeness (QED) is 0.773. The molecule has 2 aromatic rings. The van der Waals surface area contributed by atoms with Crippen LogP contribution in [0.15, 0.2) is 42.5 Å². The second-order valence-electron chi connectivity index (χ2n) is 5.61. The van der Waals surface area contributed by atoms with Crippen LogP contribution in [0.5, 0.6) is 0 Å². The predicted octanol–water partition coefficient (Wildman–Crippen LogP) is 4.70. The van der Waals surface area contributed by atoms with Gasteiger partial charge in [-0.3, -0.25) is 4.79 Å². The van der Waals surface area contributed by atoms with Crippen LogP contribution in [0.3, 0.4) is 0 Å². The van der Waals surface area contributed by atoms with Gasteiger partial charge in [-0.15, -0.1) is 0 Å².